The topological polar surface area (TPSA) is 103 Å². The molecule has 1 unspecified atom stereocenters. The molecule has 0 radical (unpaired) electrons. The molecule has 1 aromatic carbocycles. The minimum atomic E-state index is -1.43. The van der Waals surface area contributed by atoms with E-state index in [9.17, 15) is 14.9 Å². The fourth-order valence-corrected chi connectivity index (χ4v) is 1.74. The predicted molar refractivity (Wildman–Crippen MR) is 75.5 cm³/mol. The van der Waals surface area contributed by atoms with Gasteiger partial charge in [0.15, 0.2) is 6.10 Å². The quantitative estimate of drug-likeness (QED) is 0.528. The molecule has 0 aliphatic rings. The van der Waals surface area contributed by atoms with Gasteiger partial charge in [-0.05, 0) is 29.8 Å². The summed E-state index contributed by atoms with van der Waals surface area (Å²) < 4.78 is 4.84. The Morgan fingerprint density at radius 2 is 1.67 bits per heavy atom. The van der Waals surface area contributed by atoms with E-state index in [0.717, 1.165) is 0 Å². The van der Waals surface area contributed by atoms with Crippen molar-refractivity contribution in [3.8, 4) is 0 Å². The molecule has 2 aromatic rings. The average Bonchev–Trinajstić information content (AvgIpc) is 2.45. The Labute approximate surface area is 125 Å². The molecule has 7 nitrogen and oxygen atoms in total. The summed E-state index contributed by atoms with van der Waals surface area (Å²) in [6.07, 6.45) is 0.749. The highest BCUT2D eigenvalue weighted by atomic mass is 35.5. The summed E-state index contributed by atoms with van der Waals surface area (Å²) in [5.41, 5.74) is 1.03. The fourth-order valence-electron chi connectivity index (χ4n) is 1.74. The van der Waals surface area contributed by atoms with Crippen molar-refractivity contribution in [1.29, 1.82) is 0 Å². The van der Waals surface area contributed by atoms with Crippen LogP contribution in [0.4, 0.5) is 10.5 Å². The molecule has 0 aliphatic carbocycles. The van der Waals surface area contributed by atoms with E-state index >= 15 is 0 Å². The van der Waals surface area contributed by atoms with Gasteiger partial charge >= 0.3 is 6.16 Å². The van der Waals surface area contributed by atoms with Gasteiger partial charge in [-0.15, -0.1) is 12.4 Å². The third-order valence-electron chi connectivity index (χ3n) is 2.63. The van der Waals surface area contributed by atoms with Gasteiger partial charge in [-0.1, -0.05) is 0 Å². The van der Waals surface area contributed by atoms with Crippen LogP contribution in [0.2, 0.25) is 0 Å². The number of carboxylic acid groups (broad SMARTS) is 1. The molecule has 110 valence electrons. The summed E-state index contributed by atoms with van der Waals surface area (Å²) in [6.45, 7) is 0. The van der Waals surface area contributed by atoms with Crippen LogP contribution in [-0.2, 0) is 4.74 Å². The van der Waals surface area contributed by atoms with Crippen molar-refractivity contribution < 1.29 is 19.6 Å². The van der Waals surface area contributed by atoms with Crippen LogP contribution >= 0.6 is 12.4 Å². The highest BCUT2D eigenvalue weighted by molar-refractivity contribution is 5.85. The molecule has 0 spiro atoms. The number of ether oxygens (including phenoxy) is 1. The van der Waals surface area contributed by atoms with E-state index in [0.29, 0.717) is 11.1 Å². The molecule has 0 amide bonds. The van der Waals surface area contributed by atoms with Crippen molar-refractivity contribution in [1.82, 2.24) is 4.98 Å². The molecule has 1 N–H and O–H groups in total. The van der Waals surface area contributed by atoms with Crippen LogP contribution in [0, 0.1) is 10.1 Å². The Hall–Kier alpha value is -2.67. The molecule has 0 saturated carbocycles. The number of hydrogen-bond acceptors (Lipinski definition) is 5. The summed E-state index contributed by atoms with van der Waals surface area (Å²) in [5, 5.41) is 19.4. The van der Waals surface area contributed by atoms with E-state index in [4.69, 9.17) is 9.84 Å². The summed E-state index contributed by atoms with van der Waals surface area (Å²) in [5.74, 6) is 0. The summed E-state index contributed by atoms with van der Waals surface area (Å²) in [4.78, 5) is 24.7. The molecule has 1 heterocycles. The first kappa shape index (κ1) is 16.4. The number of rotatable bonds is 4. The number of nitro benzene ring substituents is 1. The second kappa shape index (κ2) is 7.20. The van der Waals surface area contributed by atoms with Crippen molar-refractivity contribution in [2.45, 2.75) is 6.10 Å². The lowest BCUT2D eigenvalue weighted by Crippen LogP contribution is -2.10. The third kappa shape index (κ3) is 4.15. The molecule has 0 bridgehead atoms. The van der Waals surface area contributed by atoms with Crippen molar-refractivity contribution in [3.63, 3.8) is 0 Å². The van der Waals surface area contributed by atoms with Gasteiger partial charge in [0.05, 0.1) is 4.92 Å². The summed E-state index contributed by atoms with van der Waals surface area (Å²) >= 11 is 0. The number of non-ortho nitro benzene ring substituents is 1. The van der Waals surface area contributed by atoms with E-state index in [-0.39, 0.29) is 18.1 Å². The van der Waals surface area contributed by atoms with Crippen LogP contribution in [-0.4, -0.2) is 21.2 Å². The zero-order valence-electron chi connectivity index (χ0n) is 10.6. The van der Waals surface area contributed by atoms with Gasteiger partial charge in [0.1, 0.15) is 0 Å². The molecule has 8 heteroatoms. The van der Waals surface area contributed by atoms with Crippen LogP contribution < -0.4 is 0 Å². The Morgan fingerprint density at radius 1 is 1.14 bits per heavy atom. The van der Waals surface area contributed by atoms with Crippen molar-refractivity contribution >= 4 is 24.2 Å². The van der Waals surface area contributed by atoms with Crippen LogP contribution in [0.25, 0.3) is 0 Å². The zero-order valence-corrected chi connectivity index (χ0v) is 11.4. The van der Waals surface area contributed by atoms with Crippen molar-refractivity contribution in [3.05, 3.63) is 70.0 Å². The number of nitro groups is 1. The number of nitrogens with zero attached hydrogens (tertiary/aromatic N) is 2. The number of pyridine rings is 1. The Balaban J connectivity index is 0.00000220. The number of halogens is 1. The minimum Gasteiger partial charge on any atom is -0.450 e. The van der Waals surface area contributed by atoms with Gasteiger partial charge in [0.25, 0.3) is 5.69 Å². The molecule has 0 saturated heterocycles. The molecule has 2 rings (SSSR count). The predicted octanol–water partition coefficient (Wildman–Crippen LogP) is 3.20. The summed E-state index contributed by atoms with van der Waals surface area (Å²) in [7, 11) is 0. The lowest BCUT2D eigenvalue weighted by molar-refractivity contribution is -0.384. The Morgan fingerprint density at radius 3 is 2.14 bits per heavy atom. The molecule has 1 atom stereocenters. The van der Waals surface area contributed by atoms with Crippen LogP contribution in [0.15, 0.2) is 48.8 Å². The second-order valence-electron chi connectivity index (χ2n) is 3.89. The van der Waals surface area contributed by atoms with Crippen LogP contribution in [0.1, 0.15) is 17.2 Å². The van der Waals surface area contributed by atoms with Gasteiger partial charge in [-0.25, -0.2) is 4.79 Å². The maximum atomic E-state index is 10.8. The maximum Gasteiger partial charge on any atom is 0.506 e. The average molecular weight is 311 g/mol. The van der Waals surface area contributed by atoms with E-state index in [2.05, 4.69) is 4.98 Å². The maximum absolute atomic E-state index is 10.8. The van der Waals surface area contributed by atoms with Crippen LogP contribution in [0.3, 0.4) is 0 Å². The fraction of sp³-hybridized carbons (Fsp3) is 0.0769. The SMILES string of the molecule is Cl.O=C(O)OC(c1ccncc1)c1ccc([N+](=O)[O-])cc1. The van der Waals surface area contributed by atoms with Crippen molar-refractivity contribution in [2.24, 2.45) is 0 Å². The van der Waals surface area contributed by atoms with E-state index in [1.54, 1.807) is 12.1 Å². The number of hydrogen-bond donors (Lipinski definition) is 1. The van der Waals surface area contributed by atoms with Gasteiger partial charge in [0, 0.05) is 30.1 Å². The second-order valence-corrected chi connectivity index (χ2v) is 3.89. The molecule has 0 aliphatic heterocycles. The van der Waals surface area contributed by atoms with E-state index in [1.807, 2.05) is 0 Å². The van der Waals surface area contributed by atoms with Crippen LogP contribution in [0.5, 0.6) is 0 Å². The number of benzene rings is 1. The highest BCUT2D eigenvalue weighted by Crippen LogP contribution is 2.27. The smallest absolute Gasteiger partial charge is 0.450 e. The van der Waals surface area contributed by atoms with Crippen molar-refractivity contribution in [2.75, 3.05) is 0 Å². The lowest BCUT2D eigenvalue weighted by Gasteiger charge is -2.16. The van der Waals surface area contributed by atoms with Gasteiger partial charge in [-0.3, -0.25) is 15.1 Å². The molecule has 0 fully saturated rings. The number of carbonyl (C=O) groups is 1. The first-order chi connectivity index (χ1) is 9.58. The molecule has 1 aromatic heterocycles. The van der Waals surface area contributed by atoms with Gasteiger partial charge < -0.3 is 9.84 Å². The molecule has 21 heavy (non-hydrogen) atoms. The highest BCUT2D eigenvalue weighted by Gasteiger charge is 2.19. The standard InChI is InChI=1S/C13H10N2O5.ClH/c16-13(17)20-12(10-5-7-14-8-6-10)9-1-3-11(4-2-9)15(18)19;/h1-8,12H,(H,16,17);1H. The zero-order chi connectivity index (χ0) is 14.5. The molecular formula is C13H11ClN2O5. The summed E-state index contributed by atoms with van der Waals surface area (Å²) in [6, 6.07) is 8.77. The monoisotopic (exact) mass is 310 g/mol. The first-order valence-electron chi connectivity index (χ1n) is 5.62. The molecular weight excluding hydrogens is 300 g/mol. The minimum absolute atomic E-state index is 0. The third-order valence-corrected chi connectivity index (χ3v) is 2.63. The Bertz CT molecular complexity index is 618. The Kier molecular flexibility index (Phi) is 5.62. The lowest BCUT2D eigenvalue weighted by atomic mass is 10.0. The largest absolute Gasteiger partial charge is 0.506 e. The van der Waals surface area contributed by atoms with E-state index < -0.39 is 17.2 Å². The first-order valence-corrected chi connectivity index (χ1v) is 5.62. The van der Waals surface area contributed by atoms with Gasteiger partial charge in [0.2, 0.25) is 0 Å². The normalized spacial score (nSPS) is 11.0. The number of aromatic nitrogens is 1. The van der Waals surface area contributed by atoms with Gasteiger partial charge in [-0.2, -0.15) is 0 Å². The van der Waals surface area contributed by atoms with E-state index in [1.165, 1.54) is 36.7 Å².